The van der Waals surface area contributed by atoms with Crippen LogP contribution in [0.2, 0.25) is 0 Å². The minimum Gasteiger partial charge on any atom is -0.351 e. The van der Waals surface area contributed by atoms with Crippen molar-refractivity contribution in [2.24, 2.45) is 11.8 Å². The normalized spacial score (nSPS) is 24.6. The standard InChI is InChI=1S/C17H25FN2O/c1-12-8-13(2)11-20(10-12)14(3)17(21)19-9-15-6-4-5-7-16(15)18/h4-7,12-14H,8-11H2,1-3H3,(H,19,21). The molecule has 3 nitrogen and oxygen atoms in total. The van der Waals surface area contributed by atoms with E-state index in [4.69, 9.17) is 0 Å². The summed E-state index contributed by atoms with van der Waals surface area (Å²) in [5.41, 5.74) is 0.526. The van der Waals surface area contributed by atoms with Crippen molar-refractivity contribution in [1.29, 1.82) is 0 Å². The third-order valence-corrected chi connectivity index (χ3v) is 4.24. The van der Waals surface area contributed by atoms with Gasteiger partial charge < -0.3 is 5.32 Å². The lowest BCUT2D eigenvalue weighted by Gasteiger charge is -2.38. The van der Waals surface area contributed by atoms with E-state index in [1.807, 2.05) is 6.92 Å². The van der Waals surface area contributed by atoms with E-state index < -0.39 is 0 Å². The molecule has 0 bridgehead atoms. The van der Waals surface area contributed by atoms with Crippen molar-refractivity contribution in [3.63, 3.8) is 0 Å². The molecule has 1 aromatic carbocycles. The summed E-state index contributed by atoms with van der Waals surface area (Å²) in [5.74, 6) is 0.941. The Morgan fingerprint density at radius 3 is 2.57 bits per heavy atom. The zero-order chi connectivity index (χ0) is 15.4. The molecule has 2 rings (SSSR count). The number of rotatable bonds is 4. The number of nitrogens with one attached hydrogen (secondary N) is 1. The highest BCUT2D eigenvalue weighted by molar-refractivity contribution is 5.81. The molecule has 4 heteroatoms. The minimum atomic E-state index is -0.273. The molecule has 0 saturated carbocycles. The van der Waals surface area contributed by atoms with Crippen molar-refractivity contribution in [2.45, 2.75) is 39.8 Å². The molecule has 1 amide bonds. The van der Waals surface area contributed by atoms with E-state index in [0.29, 0.717) is 17.4 Å². The smallest absolute Gasteiger partial charge is 0.237 e. The molecule has 1 saturated heterocycles. The zero-order valence-corrected chi connectivity index (χ0v) is 13.1. The fourth-order valence-corrected chi connectivity index (χ4v) is 3.17. The number of hydrogen-bond donors (Lipinski definition) is 1. The predicted molar refractivity (Wildman–Crippen MR) is 82.2 cm³/mol. The maximum atomic E-state index is 13.5. The van der Waals surface area contributed by atoms with Gasteiger partial charge >= 0.3 is 0 Å². The van der Waals surface area contributed by atoms with Crippen LogP contribution in [-0.2, 0) is 11.3 Å². The summed E-state index contributed by atoms with van der Waals surface area (Å²) in [5, 5.41) is 2.85. The van der Waals surface area contributed by atoms with Gasteiger partial charge in [-0.2, -0.15) is 0 Å². The monoisotopic (exact) mass is 292 g/mol. The number of amides is 1. The Bertz CT molecular complexity index is 481. The molecule has 1 aromatic rings. The van der Waals surface area contributed by atoms with Crippen molar-refractivity contribution >= 4 is 5.91 Å². The lowest BCUT2D eigenvalue weighted by molar-refractivity contribution is -0.127. The maximum absolute atomic E-state index is 13.5. The summed E-state index contributed by atoms with van der Waals surface area (Å²) >= 11 is 0. The van der Waals surface area contributed by atoms with Gasteiger partial charge in [0.1, 0.15) is 5.82 Å². The van der Waals surface area contributed by atoms with Crippen LogP contribution < -0.4 is 5.32 Å². The van der Waals surface area contributed by atoms with Crippen molar-refractivity contribution < 1.29 is 9.18 Å². The fourth-order valence-electron chi connectivity index (χ4n) is 3.17. The van der Waals surface area contributed by atoms with E-state index in [9.17, 15) is 9.18 Å². The molecule has 1 aliphatic heterocycles. The first-order valence-corrected chi connectivity index (χ1v) is 7.72. The topological polar surface area (TPSA) is 32.3 Å². The second-order valence-corrected chi connectivity index (χ2v) is 6.39. The molecule has 3 unspecified atom stereocenters. The number of halogens is 1. The summed E-state index contributed by atoms with van der Waals surface area (Å²) in [4.78, 5) is 14.5. The predicted octanol–water partition coefficient (Wildman–Crippen LogP) is 2.81. The SMILES string of the molecule is CC1CC(C)CN(C(C)C(=O)NCc2ccccc2F)C1. The molecular weight excluding hydrogens is 267 g/mol. The second kappa shape index (κ2) is 7.03. The van der Waals surface area contributed by atoms with Crippen molar-refractivity contribution in [3.05, 3.63) is 35.6 Å². The van der Waals surface area contributed by atoms with E-state index in [-0.39, 0.29) is 24.3 Å². The Labute approximate surface area is 126 Å². The quantitative estimate of drug-likeness (QED) is 0.925. The van der Waals surface area contributed by atoms with Gasteiger partial charge in [0, 0.05) is 25.2 Å². The van der Waals surface area contributed by atoms with Gasteiger partial charge in [0.2, 0.25) is 5.91 Å². The molecule has 1 N–H and O–H groups in total. The van der Waals surface area contributed by atoms with Gasteiger partial charge in [-0.25, -0.2) is 4.39 Å². The van der Waals surface area contributed by atoms with Crippen LogP contribution in [0.15, 0.2) is 24.3 Å². The van der Waals surface area contributed by atoms with Crippen LogP contribution >= 0.6 is 0 Å². The summed E-state index contributed by atoms with van der Waals surface area (Å²) in [7, 11) is 0. The van der Waals surface area contributed by atoms with Crippen molar-refractivity contribution in [3.8, 4) is 0 Å². The third kappa shape index (κ3) is 4.27. The lowest BCUT2D eigenvalue weighted by atomic mass is 9.91. The number of piperidine rings is 1. The first kappa shape index (κ1) is 16.0. The first-order valence-electron chi connectivity index (χ1n) is 7.72. The van der Waals surface area contributed by atoms with E-state index in [1.165, 1.54) is 12.5 Å². The number of hydrogen-bond acceptors (Lipinski definition) is 2. The van der Waals surface area contributed by atoms with Crippen LogP contribution in [0.4, 0.5) is 4.39 Å². The summed E-state index contributed by atoms with van der Waals surface area (Å²) < 4.78 is 13.5. The number of benzene rings is 1. The molecule has 1 heterocycles. The van der Waals surface area contributed by atoms with E-state index in [2.05, 4.69) is 24.1 Å². The highest BCUT2D eigenvalue weighted by Crippen LogP contribution is 2.22. The van der Waals surface area contributed by atoms with Gasteiger partial charge in [0.15, 0.2) is 0 Å². The summed E-state index contributed by atoms with van der Waals surface area (Å²) in [6.45, 7) is 8.55. The second-order valence-electron chi connectivity index (χ2n) is 6.39. The molecule has 0 radical (unpaired) electrons. The van der Waals surface area contributed by atoms with Gasteiger partial charge in [-0.1, -0.05) is 32.0 Å². The number of nitrogens with zero attached hydrogens (tertiary/aromatic N) is 1. The van der Waals surface area contributed by atoms with Crippen LogP contribution in [0.5, 0.6) is 0 Å². The van der Waals surface area contributed by atoms with Crippen LogP contribution in [0.25, 0.3) is 0 Å². The van der Waals surface area contributed by atoms with Crippen LogP contribution in [0.1, 0.15) is 32.8 Å². The largest absolute Gasteiger partial charge is 0.351 e. The van der Waals surface area contributed by atoms with Crippen molar-refractivity contribution in [2.75, 3.05) is 13.1 Å². The number of likely N-dealkylation sites (tertiary alicyclic amines) is 1. The molecule has 1 fully saturated rings. The van der Waals surface area contributed by atoms with Gasteiger partial charge in [-0.05, 0) is 31.2 Å². The molecule has 0 spiro atoms. The van der Waals surface area contributed by atoms with Crippen molar-refractivity contribution in [1.82, 2.24) is 10.2 Å². The van der Waals surface area contributed by atoms with E-state index in [1.54, 1.807) is 18.2 Å². The van der Waals surface area contributed by atoms with Gasteiger partial charge in [-0.15, -0.1) is 0 Å². The summed E-state index contributed by atoms with van der Waals surface area (Å²) in [6.07, 6.45) is 1.22. The van der Waals surface area contributed by atoms with E-state index >= 15 is 0 Å². The highest BCUT2D eigenvalue weighted by atomic mass is 19.1. The van der Waals surface area contributed by atoms with Crippen LogP contribution in [0.3, 0.4) is 0 Å². The molecule has 1 aliphatic rings. The molecule has 116 valence electrons. The van der Waals surface area contributed by atoms with E-state index in [0.717, 1.165) is 13.1 Å². The van der Waals surface area contributed by atoms with Crippen LogP contribution in [-0.4, -0.2) is 29.9 Å². The Morgan fingerprint density at radius 2 is 1.95 bits per heavy atom. The molecule has 3 atom stereocenters. The third-order valence-electron chi connectivity index (χ3n) is 4.24. The minimum absolute atomic E-state index is 0.0282. The number of carbonyl (C=O) groups is 1. The van der Waals surface area contributed by atoms with Gasteiger partial charge in [-0.3, -0.25) is 9.69 Å². The first-order chi connectivity index (χ1) is 9.97. The Hall–Kier alpha value is -1.42. The summed E-state index contributed by atoms with van der Waals surface area (Å²) in [6, 6.07) is 6.38. The van der Waals surface area contributed by atoms with Gasteiger partial charge in [0.05, 0.1) is 6.04 Å². The molecule has 0 aliphatic carbocycles. The number of carbonyl (C=O) groups excluding carboxylic acids is 1. The average molecular weight is 292 g/mol. The Morgan fingerprint density at radius 1 is 1.33 bits per heavy atom. The average Bonchev–Trinajstić information content (AvgIpc) is 2.44. The highest BCUT2D eigenvalue weighted by Gasteiger charge is 2.28. The Kier molecular flexibility index (Phi) is 5.34. The lowest BCUT2D eigenvalue weighted by Crippen LogP contribution is -2.50. The maximum Gasteiger partial charge on any atom is 0.237 e. The molecule has 0 aromatic heterocycles. The molecular formula is C17H25FN2O. The van der Waals surface area contributed by atoms with Crippen LogP contribution in [0, 0.1) is 17.7 Å². The van der Waals surface area contributed by atoms with Gasteiger partial charge in [0.25, 0.3) is 0 Å². The molecule has 21 heavy (non-hydrogen) atoms. The zero-order valence-electron chi connectivity index (χ0n) is 13.1. The Balaban J connectivity index is 1.89. The fraction of sp³-hybridized carbons (Fsp3) is 0.588.